The number of hydrogen-bond acceptors (Lipinski definition) is 4. The maximum absolute atomic E-state index is 13.3. The summed E-state index contributed by atoms with van der Waals surface area (Å²) in [5, 5.41) is 2.91. The molecule has 2 heterocycles. The minimum atomic E-state index is -1.04. The normalized spacial score (nSPS) is 22.3. The SMILES string of the molecule is O=C(CN1C(=O)N[C@@]2(CCCCc3ccccc32)C1=O)c1ccc(Br)s1. The minimum Gasteiger partial charge on any atom is -0.319 e. The van der Waals surface area contributed by atoms with Crippen molar-refractivity contribution in [3.63, 3.8) is 0 Å². The molecule has 2 aliphatic rings. The largest absolute Gasteiger partial charge is 0.325 e. The number of nitrogens with one attached hydrogen (secondary N) is 1. The third-order valence-corrected chi connectivity index (χ3v) is 6.72. The molecule has 1 saturated heterocycles. The molecule has 26 heavy (non-hydrogen) atoms. The number of Topliss-reactive ketones (excluding diaryl/α,β-unsaturated/α-hetero) is 1. The van der Waals surface area contributed by atoms with Gasteiger partial charge in [-0.2, -0.15) is 0 Å². The van der Waals surface area contributed by atoms with Crippen LogP contribution >= 0.6 is 27.3 Å². The van der Waals surface area contributed by atoms with E-state index in [4.69, 9.17) is 0 Å². The first kappa shape index (κ1) is 17.4. The van der Waals surface area contributed by atoms with E-state index in [-0.39, 0.29) is 18.2 Å². The Hall–Kier alpha value is -1.99. The standard InChI is InChI=1S/C19H17BrN2O3S/c20-16-9-8-15(26-16)14(23)11-22-17(24)19(21-18(22)25)10-4-3-6-12-5-1-2-7-13(12)19/h1-2,5,7-9H,3-4,6,10-11H2,(H,21,25)/t19-/m1/s1. The summed E-state index contributed by atoms with van der Waals surface area (Å²) in [6, 6.07) is 10.8. The number of carbonyl (C=O) groups is 3. The molecule has 1 N–H and O–H groups in total. The zero-order chi connectivity index (χ0) is 18.3. The second-order valence-electron chi connectivity index (χ2n) is 6.62. The van der Waals surface area contributed by atoms with Crippen LogP contribution in [-0.4, -0.2) is 29.2 Å². The van der Waals surface area contributed by atoms with Gasteiger partial charge in [-0.05, 0) is 64.9 Å². The molecule has 5 nitrogen and oxygen atoms in total. The Labute approximate surface area is 163 Å². The minimum absolute atomic E-state index is 0.233. The first-order valence-corrected chi connectivity index (χ1v) is 10.1. The molecule has 1 fully saturated rings. The van der Waals surface area contributed by atoms with E-state index in [0.717, 1.165) is 39.1 Å². The molecular weight excluding hydrogens is 416 g/mol. The van der Waals surface area contributed by atoms with Gasteiger partial charge < -0.3 is 5.32 Å². The molecule has 1 aliphatic heterocycles. The van der Waals surface area contributed by atoms with Crippen LogP contribution in [0.5, 0.6) is 0 Å². The van der Waals surface area contributed by atoms with Gasteiger partial charge in [0.25, 0.3) is 5.91 Å². The number of benzene rings is 1. The molecular formula is C19H17BrN2O3S. The lowest BCUT2D eigenvalue weighted by Gasteiger charge is -2.27. The molecule has 1 aromatic heterocycles. The highest BCUT2D eigenvalue weighted by molar-refractivity contribution is 9.11. The second-order valence-corrected chi connectivity index (χ2v) is 9.08. The van der Waals surface area contributed by atoms with Gasteiger partial charge in [0.15, 0.2) is 5.78 Å². The Morgan fingerprint density at radius 3 is 2.77 bits per heavy atom. The van der Waals surface area contributed by atoms with Crippen LogP contribution in [0.2, 0.25) is 0 Å². The second kappa shape index (κ2) is 6.63. The monoisotopic (exact) mass is 432 g/mol. The molecule has 0 radical (unpaired) electrons. The van der Waals surface area contributed by atoms with Crippen LogP contribution < -0.4 is 5.32 Å². The number of urea groups is 1. The average molecular weight is 433 g/mol. The van der Waals surface area contributed by atoms with Crippen molar-refractivity contribution in [1.82, 2.24) is 10.2 Å². The van der Waals surface area contributed by atoms with Crippen LogP contribution in [0.4, 0.5) is 4.79 Å². The maximum atomic E-state index is 13.3. The predicted octanol–water partition coefficient (Wildman–Crippen LogP) is 3.87. The molecule has 1 spiro atoms. The number of ketones is 1. The van der Waals surface area contributed by atoms with Crippen LogP contribution in [0.3, 0.4) is 0 Å². The maximum Gasteiger partial charge on any atom is 0.325 e. The number of aryl methyl sites for hydroxylation is 1. The number of carbonyl (C=O) groups excluding carboxylic acids is 3. The van der Waals surface area contributed by atoms with Gasteiger partial charge in [0.1, 0.15) is 5.54 Å². The predicted molar refractivity (Wildman–Crippen MR) is 102 cm³/mol. The summed E-state index contributed by atoms with van der Waals surface area (Å²) in [6.07, 6.45) is 3.28. The van der Waals surface area contributed by atoms with E-state index in [0.29, 0.717) is 11.3 Å². The fourth-order valence-corrected chi connectivity index (χ4v) is 5.12. The van der Waals surface area contributed by atoms with Gasteiger partial charge in [-0.3, -0.25) is 14.5 Å². The van der Waals surface area contributed by atoms with E-state index in [1.54, 1.807) is 12.1 Å². The number of amides is 3. The summed E-state index contributed by atoms with van der Waals surface area (Å²) in [4.78, 5) is 40.0. The molecule has 134 valence electrons. The average Bonchev–Trinajstić information content (AvgIpc) is 3.09. The highest BCUT2D eigenvalue weighted by Crippen LogP contribution is 2.39. The lowest BCUT2D eigenvalue weighted by Crippen LogP contribution is -2.44. The Kier molecular flexibility index (Phi) is 4.44. The lowest BCUT2D eigenvalue weighted by atomic mass is 9.84. The molecule has 3 amide bonds. The number of fused-ring (bicyclic) bond motifs is 2. The zero-order valence-corrected chi connectivity index (χ0v) is 16.4. The van der Waals surface area contributed by atoms with Gasteiger partial charge in [-0.25, -0.2) is 4.79 Å². The molecule has 1 aromatic carbocycles. The van der Waals surface area contributed by atoms with Gasteiger partial charge in [0, 0.05) is 0 Å². The van der Waals surface area contributed by atoms with Crippen molar-refractivity contribution in [2.75, 3.05) is 6.54 Å². The van der Waals surface area contributed by atoms with Gasteiger partial charge in [0.2, 0.25) is 0 Å². The van der Waals surface area contributed by atoms with Crippen molar-refractivity contribution in [3.05, 3.63) is 56.2 Å². The van der Waals surface area contributed by atoms with Crippen LogP contribution in [0.15, 0.2) is 40.2 Å². The molecule has 1 aliphatic carbocycles. The van der Waals surface area contributed by atoms with Gasteiger partial charge in [0.05, 0.1) is 15.2 Å². The summed E-state index contributed by atoms with van der Waals surface area (Å²) < 4.78 is 0.840. The van der Waals surface area contributed by atoms with Crippen molar-refractivity contribution in [1.29, 1.82) is 0 Å². The van der Waals surface area contributed by atoms with Crippen molar-refractivity contribution in [2.45, 2.75) is 31.2 Å². The Balaban J connectivity index is 1.66. The highest BCUT2D eigenvalue weighted by Gasteiger charge is 2.53. The van der Waals surface area contributed by atoms with Crippen LogP contribution in [0.1, 0.15) is 40.1 Å². The molecule has 0 unspecified atom stereocenters. The van der Waals surface area contributed by atoms with E-state index in [1.165, 1.54) is 11.3 Å². The van der Waals surface area contributed by atoms with E-state index in [9.17, 15) is 14.4 Å². The Bertz CT molecular complexity index is 910. The quantitative estimate of drug-likeness (QED) is 0.591. The summed E-state index contributed by atoms with van der Waals surface area (Å²) in [6.45, 7) is -0.235. The van der Waals surface area contributed by atoms with Gasteiger partial charge in [-0.1, -0.05) is 24.3 Å². The topological polar surface area (TPSA) is 66.5 Å². The molecule has 1 atom stereocenters. The molecule has 0 bridgehead atoms. The van der Waals surface area contributed by atoms with Crippen LogP contribution in [0, 0.1) is 0 Å². The van der Waals surface area contributed by atoms with Gasteiger partial charge in [-0.15, -0.1) is 11.3 Å². The fraction of sp³-hybridized carbons (Fsp3) is 0.316. The number of nitrogens with zero attached hydrogens (tertiary/aromatic N) is 1. The lowest BCUT2D eigenvalue weighted by molar-refractivity contribution is -0.131. The first-order chi connectivity index (χ1) is 12.5. The molecule has 4 rings (SSSR count). The van der Waals surface area contributed by atoms with E-state index in [2.05, 4.69) is 21.2 Å². The van der Waals surface area contributed by atoms with Crippen LogP contribution in [-0.2, 0) is 16.8 Å². The van der Waals surface area contributed by atoms with Crippen molar-refractivity contribution < 1.29 is 14.4 Å². The van der Waals surface area contributed by atoms with Crippen molar-refractivity contribution in [2.24, 2.45) is 0 Å². The third kappa shape index (κ3) is 2.79. The van der Waals surface area contributed by atoms with E-state index >= 15 is 0 Å². The van der Waals surface area contributed by atoms with Gasteiger partial charge >= 0.3 is 6.03 Å². The number of halogens is 1. The third-order valence-electron chi connectivity index (χ3n) is 5.05. The van der Waals surface area contributed by atoms with E-state index < -0.39 is 11.6 Å². The van der Waals surface area contributed by atoms with Crippen molar-refractivity contribution >= 4 is 45.0 Å². The van der Waals surface area contributed by atoms with E-state index in [1.807, 2.05) is 24.3 Å². The Morgan fingerprint density at radius 2 is 2.00 bits per heavy atom. The highest BCUT2D eigenvalue weighted by atomic mass is 79.9. The smallest absolute Gasteiger partial charge is 0.319 e. The number of rotatable bonds is 3. The number of imide groups is 1. The first-order valence-electron chi connectivity index (χ1n) is 8.52. The number of hydrogen-bond donors (Lipinski definition) is 1. The molecule has 7 heteroatoms. The fourth-order valence-electron chi connectivity index (χ4n) is 3.80. The van der Waals surface area contributed by atoms with Crippen molar-refractivity contribution in [3.8, 4) is 0 Å². The molecule has 2 aromatic rings. The Morgan fingerprint density at radius 1 is 1.19 bits per heavy atom. The number of thiophene rings is 1. The molecule has 0 saturated carbocycles. The summed E-state index contributed by atoms with van der Waals surface area (Å²) in [5.74, 6) is -0.552. The summed E-state index contributed by atoms with van der Waals surface area (Å²) >= 11 is 4.63. The zero-order valence-electron chi connectivity index (χ0n) is 14.0. The van der Waals surface area contributed by atoms with Crippen LogP contribution in [0.25, 0.3) is 0 Å². The summed E-state index contributed by atoms with van der Waals surface area (Å²) in [7, 11) is 0. The summed E-state index contributed by atoms with van der Waals surface area (Å²) in [5.41, 5.74) is 0.916.